The van der Waals surface area contributed by atoms with E-state index in [0.717, 1.165) is 55.2 Å². The molecule has 0 bridgehead atoms. The van der Waals surface area contributed by atoms with Crippen LogP contribution in [0.3, 0.4) is 0 Å². The van der Waals surface area contributed by atoms with E-state index in [2.05, 4.69) is 42.7 Å². The zero-order chi connectivity index (χ0) is 36.4. The van der Waals surface area contributed by atoms with E-state index in [1.165, 1.54) is 28.3 Å². The highest BCUT2D eigenvalue weighted by atomic mass is 19.2. The maximum atomic E-state index is 13.7. The molecule has 3 aromatic carbocycles. The Labute approximate surface area is 299 Å². The van der Waals surface area contributed by atoms with Crippen LogP contribution in [0.15, 0.2) is 71.7 Å². The van der Waals surface area contributed by atoms with Gasteiger partial charge in [-0.25, -0.2) is 23.4 Å². The van der Waals surface area contributed by atoms with Crippen molar-refractivity contribution in [3.8, 4) is 11.8 Å². The third-order valence-corrected chi connectivity index (χ3v) is 9.68. The number of hydrogen-bond donors (Lipinski definition) is 3. The fraction of sp³-hybridized carbons (Fsp3) is 0.308. The van der Waals surface area contributed by atoms with Gasteiger partial charge in [0.15, 0.2) is 11.6 Å². The van der Waals surface area contributed by atoms with Crippen LogP contribution in [-0.4, -0.2) is 67.8 Å². The van der Waals surface area contributed by atoms with Crippen molar-refractivity contribution in [1.82, 2.24) is 34.9 Å². The van der Waals surface area contributed by atoms with Crippen molar-refractivity contribution >= 4 is 34.4 Å². The van der Waals surface area contributed by atoms with Gasteiger partial charge in [-0.15, -0.1) is 0 Å². The first-order valence-corrected chi connectivity index (χ1v) is 17.3. The summed E-state index contributed by atoms with van der Waals surface area (Å²) in [7, 11) is 1.62. The van der Waals surface area contributed by atoms with E-state index in [4.69, 9.17) is 0 Å². The molecule has 0 radical (unpaired) electrons. The molecular formula is C39H38F2N8O3. The molecule has 2 amide bonds. The fourth-order valence-electron chi connectivity index (χ4n) is 6.50. The summed E-state index contributed by atoms with van der Waals surface area (Å²) in [6.45, 7) is 3.70. The topological polar surface area (TPSA) is 126 Å². The summed E-state index contributed by atoms with van der Waals surface area (Å²) < 4.78 is 29.8. The molecule has 1 aliphatic heterocycles. The molecule has 3 N–H and O–H groups in total. The van der Waals surface area contributed by atoms with E-state index in [0.29, 0.717) is 33.8 Å². The Balaban J connectivity index is 0.921. The quantitative estimate of drug-likeness (QED) is 0.191. The van der Waals surface area contributed by atoms with Crippen molar-refractivity contribution in [3.63, 3.8) is 0 Å². The molecule has 11 nitrogen and oxygen atoms in total. The number of rotatable bonds is 9. The molecule has 0 atom stereocenters. The molecular weight excluding hydrogens is 666 g/mol. The monoisotopic (exact) mass is 704 g/mol. The minimum atomic E-state index is -1.01. The number of aromatic nitrogens is 4. The molecule has 5 aromatic rings. The van der Waals surface area contributed by atoms with E-state index in [9.17, 15) is 23.2 Å². The number of carbonyl (C=O) groups is 2. The first-order chi connectivity index (χ1) is 25.1. The van der Waals surface area contributed by atoms with Gasteiger partial charge in [0.1, 0.15) is 5.56 Å². The lowest BCUT2D eigenvalue weighted by atomic mass is 10.0. The molecule has 3 heterocycles. The second-order valence-corrected chi connectivity index (χ2v) is 13.3. The van der Waals surface area contributed by atoms with E-state index in [1.807, 2.05) is 30.3 Å². The Morgan fingerprint density at radius 3 is 2.44 bits per heavy atom. The highest BCUT2D eigenvalue weighted by molar-refractivity contribution is 5.95. The third kappa shape index (κ3) is 7.72. The smallest absolute Gasteiger partial charge is 0.280 e. The van der Waals surface area contributed by atoms with E-state index >= 15 is 0 Å². The van der Waals surface area contributed by atoms with Crippen molar-refractivity contribution < 1.29 is 18.4 Å². The summed E-state index contributed by atoms with van der Waals surface area (Å²) in [4.78, 5) is 50.4. The second kappa shape index (κ2) is 14.8. The van der Waals surface area contributed by atoms with Gasteiger partial charge in [-0.05, 0) is 92.8 Å². The van der Waals surface area contributed by atoms with Crippen LogP contribution in [0.1, 0.15) is 63.2 Å². The Hall–Kier alpha value is -5.87. The number of nitrogens with one attached hydrogen (secondary N) is 3. The predicted molar refractivity (Wildman–Crippen MR) is 193 cm³/mol. The van der Waals surface area contributed by atoms with Crippen molar-refractivity contribution in [2.24, 2.45) is 7.05 Å². The molecule has 52 heavy (non-hydrogen) atoms. The number of carbonyl (C=O) groups excluding carboxylic acids is 2. The van der Waals surface area contributed by atoms with E-state index in [1.54, 1.807) is 32.3 Å². The number of hydrogen-bond acceptors (Lipinski definition) is 7. The third-order valence-electron chi connectivity index (χ3n) is 9.68. The Bertz CT molecular complexity index is 2280. The number of benzene rings is 3. The van der Waals surface area contributed by atoms with Crippen LogP contribution >= 0.6 is 0 Å². The van der Waals surface area contributed by atoms with Crippen molar-refractivity contribution in [2.45, 2.75) is 51.2 Å². The number of amides is 2. The SMILES string of the molecule is Cc1c(C(=O)NCC#Cc2ccc3nc(Nc4ccc(C(=O)NC5CCN(C6CC6)CC5)cc4)ncc3c2)c(=O)n(Cc2ccc(F)c(F)c2)n1C. The highest BCUT2D eigenvalue weighted by Crippen LogP contribution is 2.29. The summed E-state index contributed by atoms with van der Waals surface area (Å²) in [5.74, 6) is 3.70. The minimum Gasteiger partial charge on any atom is -0.349 e. The summed E-state index contributed by atoms with van der Waals surface area (Å²) in [5, 5.41) is 9.82. The maximum absolute atomic E-state index is 13.7. The number of nitrogens with zero attached hydrogens (tertiary/aromatic N) is 5. The zero-order valence-electron chi connectivity index (χ0n) is 28.9. The van der Waals surface area contributed by atoms with Gasteiger partial charge in [-0.3, -0.25) is 19.1 Å². The highest BCUT2D eigenvalue weighted by Gasteiger charge is 2.32. The van der Waals surface area contributed by atoms with Crippen LogP contribution in [0.5, 0.6) is 0 Å². The van der Waals surface area contributed by atoms with Crippen molar-refractivity contribution in [3.05, 3.63) is 117 Å². The Morgan fingerprint density at radius 1 is 0.942 bits per heavy atom. The summed E-state index contributed by atoms with van der Waals surface area (Å²) in [6.07, 6.45) is 6.28. The normalized spacial score (nSPS) is 14.8. The van der Waals surface area contributed by atoms with Gasteiger partial charge in [0.25, 0.3) is 17.4 Å². The lowest BCUT2D eigenvalue weighted by Crippen LogP contribution is -2.45. The van der Waals surface area contributed by atoms with Crippen LogP contribution < -0.4 is 21.5 Å². The van der Waals surface area contributed by atoms with E-state index in [-0.39, 0.29) is 30.6 Å². The van der Waals surface area contributed by atoms with Crippen molar-refractivity contribution in [1.29, 1.82) is 0 Å². The molecule has 0 spiro atoms. The lowest BCUT2D eigenvalue weighted by molar-refractivity contribution is 0.0907. The van der Waals surface area contributed by atoms with Crippen LogP contribution in [0.2, 0.25) is 0 Å². The number of piperidine rings is 1. The lowest BCUT2D eigenvalue weighted by Gasteiger charge is -2.32. The van der Waals surface area contributed by atoms with Crippen molar-refractivity contribution in [2.75, 3.05) is 25.0 Å². The molecule has 2 fully saturated rings. The van der Waals surface area contributed by atoms with Crippen LogP contribution in [0, 0.1) is 30.4 Å². The van der Waals surface area contributed by atoms with Gasteiger partial charge in [-0.2, -0.15) is 0 Å². The number of likely N-dealkylation sites (tertiary alicyclic amines) is 1. The molecule has 266 valence electrons. The predicted octanol–water partition coefficient (Wildman–Crippen LogP) is 4.65. The van der Waals surface area contributed by atoms with Gasteiger partial charge in [0, 0.05) is 66.3 Å². The zero-order valence-corrected chi connectivity index (χ0v) is 28.9. The average molecular weight is 705 g/mol. The van der Waals surface area contributed by atoms with Crippen LogP contribution in [0.4, 0.5) is 20.4 Å². The van der Waals surface area contributed by atoms with Crippen LogP contribution in [0.25, 0.3) is 10.9 Å². The molecule has 2 aliphatic rings. The first-order valence-electron chi connectivity index (χ1n) is 17.3. The number of halogens is 2. The first kappa shape index (κ1) is 34.6. The molecule has 2 aromatic heterocycles. The van der Waals surface area contributed by atoms with Gasteiger partial charge < -0.3 is 20.9 Å². The summed E-state index contributed by atoms with van der Waals surface area (Å²) in [5.41, 5.74) is 2.98. The van der Waals surface area contributed by atoms with Gasteiger partial charge >= 0.3 is 0 Å². The molecule has 1 aliphatic carbocycles. The van der Waals surface area contributed by atoms with E-state index < -0.39 is 23.1 Å². The maximum Gasteiger partial charge on any atom is 0.280 e. The Morgan fingerprint density at radius 2 is 1.71 bits per heavy atom. The number of anilines is 2. The molecule has 0 unspecified atom stereocenters. The number of fused-ring (bicyclic) bond motifs is 1. The average Bonchev–Trinajstić information content (AvgIpc) is 3.97. The molecule has 1 saturated heterocycles. The second-order valence-electron chi connectivity index (χ2n) is 13.3. The standard InChI is InChI=1S/C39H38F2N8O3/c1-24-35(38(52)49(47(24)2)23-26-5-13-32(40)33(41)21-26)37(51)42-17-3-4-25-6-14-34-28(20-25)22-43-39(46-34)45-29-9-7-27(8-10-29)36(50)44-30-15-18-48(19-16-30)31-11-12-31/h5-10,13-14,20-22,30-31H,11-12,15-19,23H2,1-2H3,(H,42,51)(H,44,50)(H,43,45,46). The molecule has 1 saturated carbocycles. The van der Waals surface area contributed by atoms with Crippen LogP contribution in [-0.2, 0) is 13.6 Å². The largest absolute Gasteiger partial charge is 0.349 e. The molecule has 13 heteroatoms. The van der Waals surface area contributed by atoms with Gasteiger partial charge in [0.05, 0.1) is 18.6 Å². The fourth-order valence-corrected chi connectivity index (χ4v) is 6.50. The summed E-state index contributed by atoms with van der Waals surface area (Å²) >= 11 is 0. The minimum absolute atomic E-state index is 0.00662. The van der Waals surface area contributed by atoms with Gasteiger partial charge in [0.2, 0.25) is 5.95 Å². The Kier molecular flexibility index (Phi) is 9.82. The summed E-state index contributed by atoms with van der Waals surface area (Å²) in [6, 6.07) is 17.1. The molecule has 7 rings (SSSR count). The van der Waals surface area contributed by atoms with Gasteiger partial charge in [-0.1, -0.05) is 17.9 Å².